The minimum atomic E-state index is -4.43. The molecule has 0 radical (unpaired) electrons. The predicted molar refractivity (Wildman–Crippen MR) is 67.4 cm³/mol. The van der Waals surface area contributed by atoms with Gasteiger partial charge in [0.05, 0.1) is 11.3 Å². The maximum Gasteiger partial charge on any atom is 0.416 e. The second-order valence-electron chi connectivity index (χ2n) is 3.81. The highest BCUT2D eigenvalue weighted by atomic mass is 35.5. The van der Waals surface area contributed by atoms with Gasteiger partial charge in [0.15, 0.2) is 0 Å². The van der Waals surface area contributed by atoms with Gasteiger partial charge in [-0.1, -0.05) is 17.7 Å². The van der Waals surface area contributed by atoms with Crippen molar-refractivity contribution in [1.82, 2.24) is 0 Å². The lowest BCUT2D eigenvalue weighted by Crippen LogP contribution is -2.05. The maximum atomic E-state index is 12.5. The van der Waals surface area contributed by atoms with E-state index in [-0.39, 0.29) is 11.4 Å². The van der Waals surface area contributed by atoms with Crippen molar-refractivity contribution in [2.24, 2.45) is 0 Å². The summed E-state index contributed by atoms with van der Waals surface area (Å²) in [6.45, 7) is 0. The number of anilines is 1. The normalized spacial score (nSPS) is 11.4. The van der Waals surface area contributed by atoms with E-state index in [2.05, 4.69) is 0 Å². The Morgan fingerprint density at radius 1 is 1.05 bits per heavy atom. The second kappa shape index (κ2) is 5.01. The summed E-state index contributed by atoms with van der Waals surface area (Å²) in [5.41, 5.74) is 4.64. The van der Waals surface area contributed by atoms with Crippen LogP contribution in [0.4, 0.5) is 18.9 Å². The average molecular weight is 288 g/mol. The molecule has 2 N–H and O–H groups in total. The van der Waals surface area contributed by atoms with Gasteiger partial charge in [0.25, 0.3) is 0 Å². The summed E-state index contributed by atoms with van der Waals surface area (Å²) in [5.74, 6) is 0.550. The first-order valence-electron chi connectivity index (χ1n) is 5.26. The van der Waals surface area contributed by atoms with E-state index in [1.165, 1.54) is 6.07 Å². The Kier molecular flexibility index (Phi) is 3.57. The number of nitrogens with two attached hydrogens (primary N) is 1. The van der Waals surface area contributed by atoms with Gasteiger partial charge in [-0.2, -0.15) is 13.2 Å². The molecule has 0 unspecified atom stereocenters. The van der Waals surface area contributed by atoms with Crippen molar-refractivity contribution in [3.63, 3.8) is 0 Å². The monoisotopic (exact) mass is 287 g/mol. The van der Waals surface area contributed by atoms with E-state index in [4.69, 9.17) is 22.1 Å². The first kappa shape index (κ1) is 13.5. The number of hydrogen-bond donors (Lipinski definition) is 1. The molecule has 0 aliphatic heterocycles. The standard InChI is InChI=1S/C13H9ClF3NO/c14-9-2-1-3-10(7-9)19-12-5-4-8(6-11(12)18)13(15,16)17/h1-7H,18H2. The lowest BCUT2D eigenvalue weighted by molar-refractivity contribution is -0.137. The number of benzene rings is 2. The topological polar surface area (TPSA) is 35.2 Å². The molecule has 0 atom stereocenters. The molecule has 2 aromatic carbocycles. The Bertz CT molecular complexity index is 599. The summed E-state index contributed by atoms with van der Waals surface area (Å²) < 4.78 is 42.8. The van der Waals surface area contributed by atoms with Crippen molar-refractivity contribution in [3.05, 3.63) is 53.1 Å². The summed E-state index contributed by atoms with van der Waals surface area (Å²) in [4.78, 5) is 0. The minimum absolute atomic E-state index is 0.0881. The number of hydrogen-bond acceptors (Lipinski definition) is 2. The molecular weight excluding hydrogens is 279 g/mol. The molecule has 0 heterocycles. The molecule has 100 valence electrons. The van der Waals surface area contributed by atoms with Crippen molar-refractivity contribution >= 4 is 17.3 Å². The number of nitrogen functional groups attached to an aromatic ring is 1. The van der Waals surface area contributed by atoms with Crippen LogP contribution < -0.4 is 10.5 Å². The Morgan fingerprint density at radius 2 is 1.79 bits per heavy atom. The molecule has 0 aliphatic rings. The van der Waals surface area contributed by atoms with Crippen molar-refractivity contribution in [2.45, 2.75) is 6.18 Å². The second-order valence-corrected chi connectivity index (χ2v) is 4.25. The third kappa shape index (κ3) is 3.32. The van der Waals surface area contributed by atoms with Gasteiger partial charge in [-0.3, -0.25) is 0 Å². The van der Waals surface area contributed by atoms with Crippen LogP contribution in [-0.4, -0.2) is 0 Å². The zero-order valence-corrected chi connectivity index (χ0v) is 10.3. The highest BCUT2D eigenvalue weighted by Crippen LogP contribution is 2.35. The summed E-state index contributed by atoms with van der Waals surface area (Å²) in [6, 6.07) is 9.42. The van der Waals surface area contributed by atoms with E-state index in [1.54, 1.807) is 24.3 Å². The average Bonchev–Trinajstić information content (AvgIpc) is 2.30. The smallest absolute Gasteiger partial charge is 0.416 e. The first-order valence-corrected chi connectivity index (χ1v) is 5.64. The molecule has 0 saturated heterocycles. The largest absolute Gasteiger partial charge is 0.455 e. The van der Waals surface area contributed by atoms with E-state index in [9.17, 15) is 13.2 Å². The SMILES string of the molecule is Nc1cc(C(F)(F)F)ccc1Oc1cccc(Cl)c1. The molecular formula is C13H9ClF3NO. The number of ether oxygens (including phenoxy) is 1. The van der Waals surface area contributed by atoms with Crippen LogP contribution in [0.25, 0.3) is 0 Å². The Labute approximate surface area is 112 Å². The van der Waals surface area contributed by atoms with Crippen molar-refractivity contribution < 1.29 is 17.9 Å². The molecule has 2 aromatic rings. The Balaban J connectivity index is 2.27. The molecule has 0 bridgehead atoms. The van der Waals surface area contributed by atoms with Crippen molar-refractivity contribution in [1.29, 1.82) is 0 Å². The fraction of sp³-hybridized carbons (Fsp3) is 0.0769. The number of halogens is 4. The lowest BCUT2D eigenvalue weighted by atomic mass is 10.2. The molecule has 0 fully saturated rings. The zero-order valence-electron chi connectivity index (χ0n) is 9.54. The van der Waals surface area contributed by atoms with Crippen LogP contribution in [0.1, 0.15) is 5.56 Å². The predicted octanol–water partition coefficient (Wildman–Crippen LogP) is 4.73. The van der Waals surface area contributed by atoms with E-state index < -0.39 is 11.7 Å². The van der Waals surface area contributed by atoms with Gasteiger partial charge in [-0.05, 0) is 36.4 Å². The lowest BCUT2D eigenvalue weighted by Gasteiger charge is -2.12. The van der Waals surface area contributed by atoms with Crippen LogP contribution in [0, 0.1) is 0 Å². The number of rotatable bonds is 2. The van der Waals surface area contributed by atoms with Crippen LogP contribution in [0.15, 0.2) is 42.5 Å². The number of alkyl halides is 3. The highest BCUT2D eigenvalue weighted by molar-refractivity contribution is 6.30. The van der Waals surface area contributed by atoms with Gasteiger partial charge in [-0.15, -0.1) is 0 Å². The zero-order chi connectivity index (χ0) is 14.0. The van der Waals surface area contributed by atoms with Crippen LogP contribution in [-0.2, 0) is 6.18 Å². The van der Waals surface area contributed by atoms with Gasteiger partial charge >= 0.3 is 6.18 Å². The van der Waals surface area contributed by atoms with E-state index in [0.717, 1.165) is 12.1 Å². The molecule has 0 aromatic heterocycles. The molecule has 0 amide bonds. The van der Waals surface area contributed by atoms with Crippen molar-refractivity contribution in [3.8, 4) is 11.5 Å². The van der Waals surface area contributed by atoms with Gasteiger partial charge in [-0.25, -0.2) is 0 Å². The minimum Gasteiger partial charge on any atom is -0.455 e. The molecule has 0 aliphatic carbocycles. The molecule has 0 saturated carbocycles. The summed E-state index contributed by atoms with van der Waals surface area (Å²) in [6.07, 6.45) is -4.43. The third-order valence-corrected chi connectivity index (χ3v) is 2.60. The van der Waals surface area contributed by atoms with Crippen LogP contribution >= 0.6 is 11.6 Å². The van der Waals surface area contributed by atoms with E-state index in [1.807, 2.05) is 0 Å². The highest BCUT2D eigenvalue weighted by Gasteiger charge is 2.30. The van der Waals surface area contributed by atoms with Gasteiger partial charge in [0, 0.05) is 5.02 Å². The van der Waals surface area contributed by atoms with Crippen LogP contribution in [0.5, 0.6) is 11.5 Å². The van der Waals surface area contributed by atoms with E-state index in [0.29, 0.717) is 10.8 Å². The Morgan fingerprint density at radius 3 is 2.37 bits per heavy atom. The molecule has 19 heavy (non-hydrogen) atoms. The summed E-state index contributed by atoms with van der Waals surface area (Å²) in [5, 5.41) is 0.461. The first-order chi connectivity index (χ1) is 8.86. The van der Waals surface area contributed by atoms with Gasteiger partial charge < -0.3 is 10.5 Å². The maximum absolute atomic E-state index is 12.5. The summed E-state index contributed by atoms with van der Waals surface area (Å²) in [7, 11) is 0. The third-order valence-electron chi connectivity index (χ3n) is 2.36. The quantitative estimate of drug-likeness (QED) is 0.810. The fourth-order valence-corrected chi connectivity index (χ4v) is 1.66. The molecule has 6 heteroatoms. The molecule has 2 nitrogen and oxygen atoms in total. The summed E-state index contributed by atoms with van der Waals surface area (Å²) >= 11 is 5.78. The fourth-order valence-electron chi connectivity index (χ4n) is 1.48. The molecule has 2 rings (SSSR count). The van der Waals surface area contributed by atoms with Crippen molar-refractivity contribution in [2.75, 3.05) is 5.73 Å². The van der Waals surface area contributed by atoms with Gasteiger partial charge in [0.2, 0.25) is 0 Å². The van der Waals surface area contributed by atoms with Gasteiger partial charge in [0.1, 0.15) is 11.5 Å². The van der Waals surface area contributed by atoms with E-state index >= 15 is 0 Å². The molecule has 0 spiro atoms. The van der Waals surface area contributed by atoms with Crippen LogP contribution in [0.3, 0.4) is 0 Å². The van der Waals surface area contributed by atoms with Crippen LogP contribution in [0.2, 0.25) is 5.02 Å². The Hall–Kier alpha value is -1.88.